The first-order valence-corrected chi connectivity index (χ1v) is 14.3. The number of piperidine rings is 1. The number of carbonyl (C=O) groups is 2. The summed E-state index contributed by atoms with van der Waals surface area (Å²) in [6.07, 6.45) is 1.91. The maximum atomic E-state index is 13.0. The van der Waals surface area contributed by atoms with Crippen molar-refractivity contribution < 1.29 is 22.8 Å². The molecule has 0 radical (unpaired) electrons. The van der Waals surface area contributed by atoms with Crippen LogP contribution in [0, 0.1) is 0 Å². The van der Waals surface area contributed by atoms with Crippen LogP contribution in [0.15, 0.2) is 48.9 Å². The molecule has 1 saturated heterocycles. The Balaban J connectivity index is 1.40. The lowest BCUT2D eigenvalue weighted by Gasteiger charge is -2.33. The van der Waals surface area contributed by atoms with Crippen molar-refractivity contribution in [1.82, 2.24) is 29.6 Å². The molecule has 0 bridgehead atoms. The molecule has 1 aliphatic heterocycles. The van der Waals surface area contributed by atoms with Gasteiger partial charge in [-0.2, -0.15) is 30.0 Å². The van der Waals surface area contributed by atoms with Crippen LogP contribution in [-0.4, -0.2) is 66.5 Å². The Kier molecular flexibility index (Phi) is 8.10. The minimum absolute atomic E-state index is 0.0995. The Morgan fingerprint density at radius 2 is 1.93 bits per heavy atom. The van der Waals surface area contributed by atoms with Crippen molar-refractivity contribution in [2.75, 3.05) is 36.1 Å². The summed E-state index contributed by atoms with van der Waals surface area (Å²) < 4.78 is 40.8. The number of nitrogen functional groups attached to an aromatic ring is 1. The van der Waals surface area contributed by atoms with E-state index in [1.54, 1.807) is 28.6 Å². The lowest BCUT2D eigenvalue weighted by molar-refractivity contribution is -0.137. The van der Waals surface area contributed by atoms with Gasteiger partial charge in [0, 0.05) is 42.6 Å². The fourth-order valence-corrected chi connectivity index (χ4v) is 5.20. The number of hydrogen-bond acceptors (Lipinski definition) is 8. The number of anilines is 2. The van der Waals surface area contributed by atoms with E-state index in [-0.39, 0.29) is 29.1 Å². The summed E-state index contributed by atoms with van der Waals surface area (Å²) in [6, 6.07) is 7.93. The number of nitrogens with two attached hydrogens (primary N) is 1. The van der Waals surface area contributed by atoms with Crippen LogP contribution in [0.1, 0.15) is 41.2 Å². The zero-order valence-electron chi connectivity index (χ0n) is 22.1. The lowest BCUT2D eigenvalue weighted by Crippen LogP contribution is -2.41. The molecule has 214 valence electrons. The minimum Gasteiger partial charge on any atom is -0.383 e. The number of amides is 2. The SMILES string of the molecule is CSCCC(=O)N1CCCC(n2nc(-c3ccc(C(=O)Nc4cc(C(F)(F)F)ccn4)cc3)c3c(N)ncnc32)C1. The van der Waals surface area contributed by atoms with Crippen LogP contribution >= 0.6 is 11.8 Å². The summed E-state index contributed by atoms with van der Waals surface area (Å²) in [5, 5.41) is 7.81. The summed E-state index contributed by atoms with van der Waals surface area (Å²) in [4.78, 5) is 39.7. The first-order valence-electron chi connectivity index (χ1n) is 12.9. The molecule has 2 amide bonds. The van der Waals surface area contributed by atoms with E-state index in [1.165, 1.54) is 18.5 Å². The molecule has 3 aromatic heterocycles. The van der Waals surface area contributed by atoms with Gasteiger partial charge in [0.05, 0.1) is 17.0 Å². The molecule has 0 aliphatic carbocycles. The maximum Gasteiger partial charge on any atom is 0.416 e. The Hall–Kier alpha value is -4.20. The number of fused-ring (bicyclic) bond motifs is 1. The third kappa shape index (κ3) is 6.11. The van der Waals surface area contributed by atoms with Crippen LogP contribution in [0.5, 0.6) is 0 Å². The Morgan fingerprint density at radius 1 is 1.15 bits per heavy atom. The van der Waals surface area contributed by atoms with E-state index in [1.807, 2.05) is 11.2 Å². The highest BCUT2D eigenvalue weighted by atomic mass is 32.2. The number of aromatic nitrogens is 5. The van der Waals surface area contributed by atoms with Gasteiger partial charge in [-0.3, -0.25) is 9.59 Å². The second-order valence-electron chi connectivity index (χ2n) is 9.59. The van der Waals surface area contributed by atoms with Crippen LogP contribution in [-0.2, 0) is 11.0 Å². The molecule has 4 heterocycles. The van der Waals surface area contributed by atoms with E-state index in [9.17, 15) is 22.8 Å². The number of carbonyl (C=O) groups excluding carboxylic acids is 2. The fraction of sp³-hybridized carbons (Fsp3) is 0.333. The van der Waals surface area contributed by atoms with Gasteiger partial charge >= 0.3 is 6.18 Å². The third-order valence-electron chi connectivity index (χ3n) is 6.88. The van der Waals surface area contributed by atoms with Gasteiger partial charge in [0.1, 0.15) is 23.7 Å². The van der Waals surface area contributed by atoms with Crippen LogP contribution in [0.25, 0.3) is 22.3 Å². The Labute approximate surface area is 237 Å². The number of rotatable bonds is 7. The Morgan fingerprint density at radius 3 is 2.66 bits per heavy atom. The van der Waals surface area contributed by atoms with Gasteiger partial charge < -0.3 is 16.0 Å². The van der Waals surface area contributed by atoms with Gasteiger partial charge in [-0.05, 0) is 43.4 Å². The molecule has 10 nitrogen and oxygen atoms in total. The summed E-state index contributed by atoms with van der Waals surface area (Å²) in [6.45, 7) is 1.21. The molecular formula is C27H27F3N8O2S. The largest absolute Gasteiger partial charge is 0.416 e. The second-order valence-corrected chi connectivity index (χ2v) is 10.6. The third-order valence-corrected chi connectivity index (χ3v) is 7.50. The molecule has 1 fully saturated rings. The molecule has 1 aromatic carbocycles. The number of halogens is 3. The standard InChI is InChI=1S/C27H27F3N8O2S/c1-41-12-9-21(39)37-11-2-3-19(14-37)38-25-22(24(31)33-15-34-25)23(36-38)16-4-6-17(7-5-16)26(40)35-20-13-18(8-10-32-20)27(28,29)30/h4-8,10,13,15,19H,2-3,9,11-12,14H2,1H3,(H2,31,33,34)(H,32,35,40). The number of thioether (sulfide) groups is 1. The van der Waals surface area contributed by atoms with Crippen molar-refractivity contribution in [2.24, 2.45) is 0 Å². The molecule has 4 aromatic rings. The number of alkyl halides is 3. The molecule has 1 unspecified atom stereocenters. The average molecular weight is 585 g/mol. The van der Waals surface area contributed by atoms with Crippen molar-refractivity contribution in [1.29, 1.82) is 0 Å². The van der Waals surface area contributed by atoms with E-state index in [0.29, 0.717) is 41.8 Å². The van der Waals surface area contributed by atoms with E-state index in [4.69, 9.17) is 10.8 Å². The highest BCUT2D eigenvalue weighted by Gasteiger charge is 2.31. The molecule has 5 rings (SSSR count). The quantitative estimate of drug-likeness (QED) is 0.321. The van der Waals surface area contributed by atoms with E-state index in [2.05, 4.69) is 20.3 Å². The van der Waals surface area contributed by atoms with Gasteiger partial charge in [0.15, 0.2) is 5.65 Å². The molecule has 3 N–H and O–H groups in total. The van der Waals surface area contributed by atoms with E-state index >= 15 is 0 Å². The van der Waals surface area contributed by atoms with Crippen LogP contribution in [0.4, 0.5) is 24.8 Å². The summed E-state index contributed by atoms with van der Waals surface area (Å²) in [5.74, 6) is 0.303. The molecule has 0 spiro atoms. The summed E-state index contributed by atoms with van der Waals surface area (Å²) in [7, 11) is 0. The highest BCUT2D eigenvalue weighted by Crippen LogP contribution is 2.34. The first-order chi connectivity index (χ1) is 19.7. The number of pyridine rings is 1. The van der Waals surface area contributed by atoms with E-state index in [0.717, 1.165) is 36.9 Å². The highest BCUT2D eigenvalue weighted by molar-refractivity contribution is 7.98. The van der Waals surface area contributed by atoms with Crippen LogP contribution in [0.2, 0.25) is 0 Å². The Bertz CT molecular complexity index is 1580. The number of likely N-dealkylation sites (tertiary alicyclic amines) is 1. The maximum absolute atomic E-state index is 13.0. The van der Waals surface area contributed by atoms with Gasteiger partial charge in [-0.15, -0.1) is 0 Å². The zero-order valence-corrected chi connectivity index (χ0v) is 22.9. The monoisotopic (exact) mass is 584 g/mol. The molecule has 0 saturated carbocycles. The number of benzene rings is 1. The minimum atomic E-state index is -4.55. The molecular weight excluding hydrogens is 557 g/mol. The van der Waals surface area contributed by atoms with Crippen molar-refractivity contribution in [3.05, 3.63) is 60.0 Å². The van der Waals surface area contributed by atoms with Crippen LogP contribution < -0.4 is 11.1 Å². The smallest absolute Gasteiger partial charge is 0.383 e. The summed E-state index contributed by atoms with van der Waals surface area (Å²) in [5.41, 5.74) is 7.28. The van der Waals surface area contributed by atoms with Gasteiger partial charge in [-0.25, -0.2) is 19.6 Å². The molecule has 41 heavy (non-hydrogen) atoms. The van der Waals surface area contributed by atoms with Gasteiger partial charge in [-0.1, -0.05) is 12.1 Å². The molecule has 14 heteroatoms. The van der Waals surface area contributed by atoms with Crippen molar-refractivity contribution >= 4 is 46.2 Å². The van der Waals surface area contributed by atoms with E-state index < -0.39 is 17.6 Å². The predicted octanol–water partition coefficient (Wildman–Crippen LogP) is 4.66. The van der Waals surface area contributed by atoms with Gasteiger partial charge in [0.25, 0.3) is 5.91 Å². The normalized spacial score (nSPS) is 15.7. The first kappa shape index (κ1) is 28.3. The second kappa shape index (κ2) is 11.7. The number of nitrogens with zero attached hydrogens (tertiary/aromatic N) is 6. The van der Waals surface area contributed by atoms with Crippen molar-refractivity contribution in [2.45, 2.75) is 31.5 Å². The summed E-state index contributed by atoms with van der Waals surface area (Å²) >= 11 is 1.63. The van der Waals surface area contributed by atoms with Crippen molar-refractivity contribution in [3.63, 3.8) is 0 Å². The topological polar surface area (TPSA) is 132 Å². The van der Waals surface area contributed by atoms with Gasteiger partial charge in [0.2, 0.25) is 5.91 Å². The fourth-order valence-electron chi connectivity index (χ4n) is 4.82. The van der Waals surface area contributed by atoms with Crippen molar-refractivity contribution in [3.8, 4) is 11.3 Å². The lowest BCUT2D eigenvalue weighted by atomic mass is 10.1. The predicted molar refractivity (Wildman–Crippen MR) is 150 cm³/mol. The number of hydrogen-bond donors (Lipinski definition) is 2. The molecule has 1 atom stereocenters. The number of nitrogens with one attached hydrogen (secondary N) is 1. The zero-order chi connectivity index (χ0) is 29.1. The molecule has 1 aliphatic rings. The van der Waals surface area contributed by atoms with Crippen LogP contribution in [0.3, 0.4) is 0 Å². The average Bonchev–Trinajstić information content (AvgIpc) is 3.37.